The largest absolute Gasteiger partial charge is 0.487 e. The predicted molar refractivity (Wildman–Crippen MR) is 84.0 cm³/mol. The fraction of sp³-hybridized carbons (Fsp3) is 0.235. The Bertz CT molecular complexity index is 673. The monoisotopic (exact) mass is 338 g/mol. The summed E-state index contributed by atoms with van der Waals surface area (Å²) in [5.74, 6) is -1.04. The Labute approximate surface area is 138 Å². The van der Waals surface area contributed by atoms with E-state index in [0.717, 1.165) is 0 Å². The SMILES string of the molecule is COC(=O)Cc1ccc(OCC(O)c2ccc(Cl)cc2)c(F)c1. The van der Waals surface area contributed by atoms with Crippen molar-refractivity contribution in [3.8, 4) is 5.75 Å². The molecule has 6 heteroatoms. The third-order valence-corrected chi connectivity index (χ3v) is 3.48. The maximum Gasteiger partial charge on any atom is 0.309 e. The van der Waals surface area contributed by atoms with Gasteiger partial charge in [0.2, 0.25) is 0 Å². The summed E-state index contributed by atoms with van der Waals surface area (Å²) in [6, 6.07) is 10.9. The van der Waals surface area contributed by atoms with Crippen LogP contribution in [0.1, 0.15) is 17.2 Å². The lowest BCUT2D eigenvalue weighted by atomic mass is 10.1. The molecule has 0 aliphatic heterocycles. The quantitative estimate of drug-likeness (QED) is 0.821. The normalized spacial score (nSPS) is 11.8. The molecule has 2 aromatic rings. The van der Waals surface area contributed by atoms with Gasteiger partial charge in [-0.25, -0.2) is 4.39 Å². The molecule has 0 heterocycles. The zero-order valence-corrected chi connectivity index (χ0v) is 13.2. The Balaban J connectivity index is 1.97. The minimum atomic E-state index is -0.901. The number of aliphatic hydroxyl groups is 1. The molecule has 0 radical (unpaired) electrons. The van der Waals surface area contributed by atoms with E-state index in [1.54, 1.807) is 30.3 Å². The number of hydrogen-bond acceptors (Lipinski definition) is 4. The Morgan fingerprint density at radius 3 is 2.57 bits per heavy atom. The van der Waals surface area contributed by atoms with Crippen molar-refractivity contribution in [1.82, 2.24) is 0 Å². The highest BCUT2D eigenvalue weighted by atomic mass is 35.5. The molecule has 122 valence electrons. The molecule has 4 nitrogen and oxygen atoms in total. The van der Waals surface area contributed by atoms with E-state index in [9.17, 15) is 14.3 Å². The number of halogens is 2. The molecular weight excluding hydrogens is 323 g/mol. The highest BCUT2D eigenvalue weighted by Crippen LogP contribution is 2.22. The Kier molecular flexibility index (Phi) is 5.96. The minimum Gasteiger partial charge on any atom is -0.487 e. The van der Waals surface area contributed by atoms with Gasteiger partial charge >= 0.3 is 5.97 Å². The number of esters is 1. The lowest BCUT2D eigenvalue weighted by Crippen LogP contribution is -2.10. The van der Waals surface area contributed by atoms with Crippen molar-refractivity contribution in [2.45, 2.75) is 12.5 Å². The molecule has 1 atom stereocenters. The van der Waals surface area contributed by atoms with Gasteiger partial charge in [-0.15, -0.1) is 0 Å². The van der Waals surface area contributed by atoms with Gasteiger partial charge < -0.3 is 14.6 Å². The second-order valence-corrected chi connectivity index (χ2v) is 5.33. The zero-order valence-electron chi connectivity index (χ0n) is 12.5. The van der Waals surface area contributed by atoms with E-state index in [2.05, 4.69) is 4.74 Å². The summed E-state index contributed by atoms with van der Waals surface area (Å²) in [6.07, 6.45) is -0.914. The average molecular weight is 339 g/mol. The van der Waals surface area contributed by atoms with Gasteiger partial charge in [-0.3, -0.25) is 4.79 Å². The molecule has 0 aliphatic carbocycles. The Hall–Kier alpha value is -2.11. The lowest BCUT2D eigenvalue weighted by molar-refractivity contribution is -0.139. The molecule has 0 aliphatic rings. The van der Waals surface area contributed by atoms with Gasteiger partial charge in [0, 0.05) is 5.02 Å². The third kappa shape index (κ3) is 4.94. The van der Waals surface area contributed by atoms with Crippen molar-refractivity contribution < 1.29 is 23.8 Å². The van der Waals surface area contributed by atoms with Crippen molar-refractivity contribution in [3.63, 3.8) is 0 Å². The summed E-state index contributed by atoms with van der Waals surface area (Å²) in [7, 11) is 1.27. The highest BCUT2D eigenvalue weighted by Gasteiger charge is 2.12. The average Bonchev–Trinajstić information content (AvgIpc) is 2.54. The van der Waals surface area contributed by atoms with Crippen LogP contribution in [-0.2, 0) is 16.0 Å². The molecule has 0 fully saturated rings. The van der Waals surface area contributed by atoms with Crippen LogP contribution in [0.25, 0.3) is 0 Å². The van der Waals surface area contributed by atoms with Crippen LogP contribution >= 0.6 is 11.6 Å². The van der Waals surface area contributed by atoms with E-state index < -0.39 is 17.9 Å². The van der Waals surface area contributed by atoms with Crippen molar-refractivity contribution in [3.05, 3.63) is 64.4 Å². The molecular formula is C17H16ClFO4. The summed E-state index contributed by atoms with van der Waals surface area (Å²) >= 11 is 5.78. The number of carbonyl (C=O) groups excluding carboxylic acids is 1. The van der Waals surface area contributed by atoms with Crippen LogP contribution < -0.4 is 4.74 Å². The van der Waals surface area contributed by atoms with Crippen LogP contribution in [0.2, 0.25) is 5.02 Å². The first-order valence-electron chi connectivity index (χ1n) is 6.91. The summed E-state index contributed by atoms with van der Waals surface area (Å²) in [5, 5.41) is 10.6. The van der Waals surface area contributed by atoms with Gasteiger partial charge in [0.15, 0.2) is 11.6 Å². The Morgan fingerprint density at radius 1 is 1.26 bits per heavy atom. The fourth-order valence-corrected chi connectivity index (χ4v) is 2.09. The minimum absolute atomic E-state index is 0.00614. The van der Waals surface area contributed by atoms with Crippen LogP contribution in [0.4, 0.5) is 4.39 Å². The van der Waals surface area contributed by atoms with Gasteiger partial charge in [-0.1, -0.05) is 29.8 Å². The molecule has 0 aromatic heterocycles. The molecule has 0 bridgehead atoms. The number of carbonyl (C=O) groups is 1. The molecule has 0 spiro atoms. The second kappa shape index (κ2) is 7.94. The Morgan fingerprint density at radius 2 is 1.96 bits per heavy atom. The molecule has 0 saturated carbocycles. The number of ether oxygens (including phenoxy) is 2. The van der Waals surface area contributed by atoms with Crippen molar-refractivity contribution in [1.29, 1.82) is 0 Å². The van der Waals surface area contributed by atoms with E-state index in [-0.39, 0.29) is 18.8 Å². The number of benzene rings is 2. The summed E-state index contributed by atoms with van der Waals surface area (Å²) in [4.78, 5) is 11.2. The highest BCUT2D eigenvalue weighted by molar-refractivity contribution is 6.30. The van der Waals surface area contributed by atoms with Gasteiger partial charge in [0.05, 0.1) is 13.5 Å². The molecule has 2 aromatic carbocycles. The molecule has 1 N–H and O–H groups in total. The molecule has 2 rings (SSSR count). The first-order valence-corrected chi connectivity index (χ1v) is 7.29. The fourth-order valence-electron chi connectivity index (χ4n) is 1.96. The van der Waals surface area contributed by atoms with Gasteiger partial charge in [0.1, 0.15) is 12.7 Å². The molecule has 1 unspecified atom stereocenters. The van der Waals surface area contributed by atoms with Gasteiger partial charge in [-0.2, -0.15) is 0 Å². The number of aliphatic hydroxyl groups excluding tert-OH is 1. The van der Waals surface area contributed by atoms with E-state index in [1.165, 1.54) is 19.2 Å². The first-order chi connectivity index (χ1) is 11.0. The van der Waals surface area contributed by atoms with Crippen LogP contribution in [0.3, 0.4) is 0 Å². The van der Waals surface area contributed by atoms with Crippen molar-refractivity contribution in [2.24, 2.45) is 0 Å². The zero-order chi connectivity index (χ0) is 16.8. The predicted octanol–water partition coefficient (Wildman–Crippen LogP) is 3.31. The first kappa shape index (κ1) is 17.2. The summed E-state index contributed by atoms with van der Waals surface area (Å²) < 4.78 is 23.8. The van der Waals surface area contributed by atoms with Crippen LogP contribution in [0, 0.1) is 5.82 Å². The molecule has 0 saturated heterocycles. The maximum absolute atomic E-state index is 13.9. The number of rotatable bonds is 6. The van der Waals surface area contributed by atoms with E-state index in [1.807, 2.05) is 0 Å². The van der Waals surface area contributed by atoms with Gasteiger partial charge in [-0.05, 0) is 35.4 Å². The van der Waals surface area contributed by atoms with Crippen LogP contribution in [-0.4, -0.2) is 24.8 Å². The van der Waals surface area contributed by atoms with Crippen molar-refractivity contribution in [2.75, 3.05) is 13.7 Å². The van der Waals surface area contributed by atoms with Crippen LogP contribution in [0.5, 0.6) is 5.75 Å². The standard InChI is InChI=1S/C17H16ClFO4/c1-22-17(21)9-11-2-7-16(14(19)8-11)23-10-15(20)12-3-5-13(18)6-4-12/h2-8,15,20H,9-10H2,1H3. The molecule has 0 amide bonds. The maximum atomic E-state index is 13.9. The smallest absolute Gasteiger partial charge is 0.309 e. The summed E-state index contributed by atoms with van der Waals surface area (Å²) in [5.41, 5.74) is 1.11. The van der Waals surface area contributed by atoms with E-state index in [4.69, 9.17) is 16.3 Å². The summed E-state index contributed by atoms with van der Waals surface area (Å²) in [6.45, 7) is -0.102. The van der Waals surface area contributed by atoms with Crippen LogP contribution in [0.15, 0.2) is 42.5 Å². The number of hydrogen-bond donors (Lipinski definition) is 1. The third-order valence-electron chi connectivity index (χ3n) is 3.22. The van der Waals surface area contributed by atoms with E-state index >= 15 is 0 Å². The van der Waals surface area contributed by atoms with Gasteiger partial charge in [0.25, 0.3) is 0 Å². The second-order valence-electron chi connectivity index (χ2n) is 4.90. The lowest BCUT2D eigenvalue weighted by Gasteiger charge is -2.13. The topological polar surface area (TPSA) is 55.8 Å². The van der Waals surface area contributed by atoms with Crippen molar-refractivity contribution >= 4 is 17.6 Å². The molecule has 23 heavy (non-hydrogen) atoms. The number of methoxy groups -OCH3 is 1. The van der Waals surface area contributed by atoms with E-state index in [0.29, 0.717) is 16.1 Å².